The number of rotatable bonds is 5. The number of nitrogens with one attached hydrogen (secondary N) is 2. The third kappa shape index (κ3) is 5.94. The van der Waals surface area contributed by atoms with Crippen molar-refractivity contribution in [3.63, 3.8) is 0 Å². The summed E-state index contributed by atoms with van der Waals surface area (Å²) in [6.07, 6.45) is 4.76. The number of aliphatic carboxylic acids is 1. The van der Waals surface area contributed by atoms with Crippen molar-refractivity contribution < 1.29 is 14.7 Å². The molecule has 1 atom stereocenters. The van der Waals surface area contributed by atoms with Gasteiger partial charge in [0.2, 0.25) is 0 Å². The van der Waals surface area contributed by atoms with Gasteiger partial charge >= 0.3 is 12.0 Å². The fourth-order valence-electron chi connectivity index (χ4n) is 2.31. The molecule has 1 rings (SSSR count). The highest BCUT2D eigenvalue weighted by Crippen LogP contribution is 2.34. The molecule has 1 fully saturated rings. The second-order valence-corrected chi connectivity index (χ2v) is 6.37. The fourth-order valence-corrected chi connectivity index (χ4v) is 2.31. The zero-order chi connectivity index (χ0) is 14.5. The van der Waals surface area contributed by atoms with E-state index in [1.54, 1.807) is 6.92 Å². The summed E-state index contributed by atoms with van der Waals surface area (Å²) in [6.45, 7) is 6.57. The molecule has 5 nitrogen and oxygen atoms in total. The third-order valence-electron chi connectivity index (χ3n) is 3.96. The molecule has 3 N–H and O–H groups in total. The fraction of sp³-hybridized carbons (Fsp3) is 0.857. The Morgan fingerprint density at radius 1 is 1.32 bits per heavy atom. The molecule has 0 aromatic rings. The second kappa shape index (κ2) is 6.78. The van der Waals surface area contributed by atoms with Gasteiger partial charge in [-0.1, -0.05) is 20.8 Å². The second-order valence-electron chi connectivity index (χ2n) is 6.37. The highest BCUT2D eigenvalue weighted by Gasteiger charge is 2.27. The molecular formula is C14H26N2O3. The number of carboxylic acid groups (broad SMARTS) is 1. The average molecular weight is 270 g/mol. The minimum Gasteiger partial charge on any atom is -0.481 e. The maximum atomic E-state index is 11.7. The zero-order valence-corrected chi connectivity index (χ0v) is 12.2. The first-order valence-electron chi connectivity index (χ1n) is 7.07. The van der Waals surface area contributed by atoms with Gasteiger partial charge in [-0.25, -0.2) is 4.79 Å². The molecule has 1 unspecified atom stereocenters. The number of hydrogen-bond donors (Lipinski definition) is 3. The van der Waals surface area contributed by atoms with Gasteiger partial charge in [0, 0.05) is 12.6 Å². The van der Waals surface area contributed by atoms with E-state index in [2.05, 4.69) is 24.5 Å². The summed E-state index contributed by atoms with van der Waals surface area (Å²) in [4.78, 5) is 22.3. The van der Waals surface area contributed by atoms with Crippen LogP contribution in [0.5, 0.6) is 0 Å². The van der Waals surface area contributed by atoms with E-state index >= 15 is 0 Å². The quantitative estimate of drug-likeness (QED) is 0.717. The van der Waals surface area contributed by atoms with E-state index in [1.165, 1.54) is 0 Å². The van der Waals surface area contributed by atoms with E-state index < -0.39 is 11.9 Å². The summed E-state index contributed by atoms with van der Waals surface area (Å²) in [5, 5.41) is 14.4. The van der Waals surface area contributed by atoms with Crippen molar-refractivity contribution in [2.75, 3.05) is 6.54 Å². The number of carbonyl (C=O) groups excluding carboxylic acids is 1. The van der Waals surface area contributed by atoms with Crippen molar-refractivity contribution in [2.24, 2.45) is 11.3 Å². The molecule has 0 aliphatic heterocycles. The first-order valence-corrected chi connectivity index (χ1v) is 7.07. The Hall–Kier alpha value is -1.26. The summed E-state index contributed by atoms with van der Waals surface area (Å²) in [7, 11) is 0. The predicted molar refractivity (Wildman–Crippen MR) is 74.0 cm³/mol. The monoisotopic (exact) mass is 270 g/mol. The Balaban J connectivity index is 2.16. The Morgan fingerprint density at radius 3 is 2.42 bits per heavy atom. The smallest absolute Gasteiger partial charge is 0.315 e. The first-order chi connectivity index (χ1) is 8.80. The van der Waals surface area contributed by atoms with Crippen molar-refractivity contribution in [3.8, 4) is 0 Å². The van der Waals surface area contributed by atoms with Gasteiger partial charge in [-0.05, 0) is 37.5 Å². The molecule has 0 aromatic heterocycles. The van der Waals surface area contributed by atoms with Crippen LogP contribution in [-0.4, -0.2) is 29.7 Å². The number of carboxylic acids is 1. The minimum atomic E-state index is -0.822. The van der Waals surface area contributed by atoms with Crippen LogP contribution in [0.1, 0.15) is 52.9 Å². The number of hydrogen-bond acceptors (Lipinski definition) is 2. The Labute approximate surface area is 115 Å². The van der Waals surface area contributed by atoms with E-state index in [9.17, 15) is 9.59 Å². The van der Waals surface area contributed by atoms with E-state index in [1.807, 2.05) is 0 Å². The third-order valence-corrected chi connectivity index (χ3v) is 3.96. The lowest BCUT2D eigenvalue weighted by molar-refractivity contribution is -0.141. The molecule has 19 heavy (non-hydrogen) atoms. The van der Waals surface area contributed by atoms with Gasteiger partial charge in [0.15, 0.2) is 0 Å². The summed E-state index contributed by atoms with van der Waals surface area (Å²) < 4.78 is 0. The number of urea groups is 1. The summed E-state index contributed by atoms with van der Waals surface area (Å²) in [5.74, 6) is -1.24. The molecule has 1 aliphatic rings. The van der Waals surface area contributed by atoms with Crippen molar-refractivity contribution in [1.29, 1.82) is 0 Å². The summed E-state index contributed by atoms with van der Waals surface area (Å²) in [5.41, 5.74) is 0.394. The molecule has 0 heterocycles. The van der Waals surface area contributed by atoms with E-state index in [0.29, 0.717) is 18.4 Å². The first kappa shape index (κ1) is 15.8. The van der Waals surface area contributed by atoms with Gasteiger partial charge in [0.1, 0.15) is 0 Å². The Morgan fingerprint density at radius 2 is 1.89 bits per heavy atom. The van der Waals surface area contributed by atoms with Crippen LogP contribution in [0.15, 0.2) is 0 Å². The van der Waals surface area contributed by atoms with Crippen LogP contribution < -0.4 is 10.6 Å². The summed E-state index contributed by atoms with van der Waals surface area (Å²) >= 11 is 0. The van der Waals surface area contributed by atoms with E-state index in [4.69, 9.17) is 5.11 Å². The molecule has 0 aromatic carbocycles. The summed E-state index contributed by atoms with van der Waals surface area (Å²) in [6, 6.07) is 0.0761. The normalized spacial score (nSPS) is 20.6. The molecule has 2 amide bonds. The van der Waals surface area contributed by atoms with Crippen molar-refractivity contribution in [1.82, 2.24) is 10.6 Å². The van der Waals surface area contributed by atoms with Gasteiger partial charge < -0.3 is 15.7 Å². The highest BCUT2D eigenvalue weighted by atomic mass is 16.4. The lowest BCUT2D eigenvalue weighted by atomic mass is 9.76. The van der Waals surface area contributed by atoms with E-state index in [-0.39, 0.29) is 12.1 Å². The van der Waals surface area contributed by atoms with Crippen LogP contribution in [0.25, 0.3) is 0 Å². The Bertz CT molecular complexity index is 319. The van der Waals surface area contributed by atoms with Crippen molar-refractivity contribution >= 4 is 12.0 Å². The molecule has 0 radical (unpaired) electrons. The standard InChI is InChI=1S/C14H26N2O3/c1-10(12(17)18)6-9-15-13(19)16-11-4-7-14(2,3)8-5-11/h10-11H,4-9H2,1-3H3,(H,17,18)(H2,15,16,19). The number of amides is 2. The van der Waals surface area contributed by atoms with Gasteiger partial charge in [-0.2, -0.15) is 0 Å². The lowest BCUT2D eigenvalue weighted by Gasteiger charge is -2.34. The van der Waals surface area contributed by atoms with Crippen molar-refractivity contribution in [3.05, 3.63) is 0 Å². The van der Waals surface area contributed by atoms with Gasteiger partial charge in [0.25, 0.3) is 0 Å². The van der Waals surface area contributed by atoms with Crippen molar-refractivity contribution in [2.45, 2.75) is 58.9 Å². The van der Waals surface area contributed by atoms with Gasteiger partial charge in [-0.15, -0.1) is 0 Å². The molecule has 1 aliphatic carbocycles. The van der Waals surface area contributed by atoms with Gasteiger partial charge in [0.05, 0.1) is 5.92 Å². The average Bonchev–Trinajstić information content (AvgIpc) is 2.31. The topological polar surface area (TPSA) is 78.4 Å². The van der Waals surface area contributed by atoms with Crippen LogP contribution in [-0.2, 0) is 4.79 Å². The Kier molecular flexibility index (Phi) is 5.63. The van der Waals surface area contributed by atoms with Crippen LogP contribution in [0.3, 0.4) is 0 Å². The molecule has 0 bridgehead atoms. The molecule has 0 saturated heterocycles. The highest BCUT2D eigenvalue weighted by molar-refractivity contribution is 5.74. The van der Waals surface area contributed by atoms with E-state index in [0.717, 1.165) is 25.7 Å². The minimum absolute atomic E-state index is 0.178. The maximum Gasteiger partial charge on any atom is 0.315 e. The van der Waals surface area contributed by atoms with Crippen LogP contribution in [0.4, 0.5) is 4.79 Å². The molecule has 5 heteroatoms. The number of carbonyl (C=O) groups is 2. The molecule has 0 spiro atoms. The zero-order valence-electron chi connectivity index (χ0n) is 12.2. The van der Waals surface area contributed by atoms with Gasteiger partial charge in [-0.3, -0.25) is 4.79 Å². The predicted octanol–water partition coefficient (Wildman–Crippen LogP) is 2.37. The van der Waals surface area contributed by atoms with Crippen LogP contribution in [0.2, 0.25) is 0 Å². The molecule has 1 saturated carbocycles. The van der Waals surface area contributed by atoms with Crippen LogP contribution >= 0.6 is 0 Å². The largest absolute Gasteiger partial charge is 0.481 e. The maximum absolute atomic E-state index is 11.7. The molecule has 110 valence electrons. The van der Waals surface area contributed by atoms with Crippen LogP contribution in [0, 0.1) is 11.3 Å². The lowest BCUT2D eigenvalue weighted by Crippen LogP contribution is -2.45. The molecular weight excluding hydrogens is 244 g/mol. The SMILES string of the molecule is CC(CCNC(=O)NC1CCC(C)(C)CC1)C(=O)O.